The van der Waals surface area contributed by atoms with E-state index >= 15 is 0 Å². The Hall–Kier alpha value is -0.650. The average Bonchev–Trinajstić information content (AvgIpc) is 2.17. The largest absolute Gasteiger partial charge is 0.436 e. The first-order valence-electron chi connectivity index (χ1n) is 5.20. The van der Waals surface area contributed by atoms with Gasteiger partial charge in [0.15, 0.2) is 6.29 Å². The molecule has 0 aliphatic rings. The molecule has 5 nitrogen and oxygen atoms in total. The highest BCUT2D eigenvalue weighted by Crippen LogP contribution is 1.98. The van der Waals surface area contributed by atoms with Crippen LogP contribution in [0.4, 0.5) is 0 Å². The van der Waals surface area contributed by atoms with E-state index < -0.39 is 6.29 Å². The lowest BCUT2D eigenvalue weighted by molar-refractivity contribution is -0.177. The van der Waals surface area contributed by atoms with Crippen LogP contribution in [-0.2, 0) is 19.0 Å². The number of esters is 1. The number of hydrogen-bond acceptors (Lipinski definition) is 5. The van der Waals surface area contributed by atoms with Gasteiger partial charge in [0.05, 0.1) is 26.4 Å². The van der Waals surface area contributed by atoms with Gasteiger partial charge in [-0.1, -0.05) is 6.92 Å². The van der Waals surface area contributed by atoms with E-state index in [4.69, 9.17) is 19.3 Å². The molecule has 0 fully saturated rings. The molecular formula is C10H20O5. The Kier molecular flexibility index (Phi) is 9.46. The van der Waals surface area contributed by atoms with Gasteiger partial charge in [-0.25, -0.2) is 0 Å². The Labute approximate surface area is 90.3 Å². The van der Waals surface area contributed by atoms with Gasteiger partial charge >= 0.3 is 5.97 Å². The van der Waals surface area contributed by atoms with Crippen LogP contribution in [0.1, 0.15) is 26.7 Å². The maximum Gasteiger partial charge on any atom is 0.308 e. The van der Waals surface area contributed by atoms with Crippen molar-refractivity contribution in [3.8, 4) is 0 Å². The summed E-state index contributed by atoms with van der Waals surface area (Å²) >= 11 is 0. The van der Waals surface area contributed by atoms with Crippen molar-refractivity contribution in [1.29, 1.82) is 0 Å². The van der Waals surface area contributed by atoms with Crippen LogP contribution in [0.3, 0.4) is 0 Å². The van der Waals surface area contributed by atoms with E-state index in [2.05, 4.69) is 0 Å². The average molecular weight is 220 g/mol. The van der Waals surface area contributed by atoms with Crippen LogP contribution in [0.2, 0.25) is 0 Å². The summed E-state index contributed by atoms with van der Waals surface area (Å²) in [5, 5.41) is 8.42. The Morgan fingerprint density at radius 3 is 2.67 bits per heavy atom. The first kappa shape index (κ1) is 14.3. The van der Waals surface area contributed by atoms with E-state index in [1.807, 2.05) is 6.92 Å². The lowest BCUT2D eigenvalue weighted by atomic mass is 10.3. The molecule has 0 amide bonds. The fourth-order valence-electron chi connectivity index (χ4n) is 0.922. The second kappa shape index (κ2) is 9.89. The van der Waals surface area contributed by atoms with Crippen LogP contribution >= 0.6 is 0 Å². The molecule has 5 heteroatoms. The maximum atomic E-state index is 11.0. The highest BCUT2D eigenvalue weighted by atomic mass is 16.7. The van der Waals surface area contributed by atoms with Crippen molar-refractivity contribution in [1.82, 2.24) is 0 Å². The maximum absolute atomic E-state index is 11.0. The van der Waals surface area contributed by atoms with E-state index in [0.29, 0.717) is 26.2 Å². The van der Waals surface area contributed by atoms with Gasteiger partial charge in [0, 0.05) is 6.42 Å². The van der Waals surface area contributed by atoms with Crippen molar-refractivity contribution in [3.63, 3.8) is 0 Å². The van der Waals surface area contributed by atoms with Gasteiger partial charge in [0.1, 0.15) is 0 Å². The monoisotopic (exact) mass is 220 g/mol. The molecule has 0 aliphatic carbocycles. The molecule has 90 valence electrons. The van der Waals surface area contributed by atoms with Crippen molar-refractivity contribution < 1.29 is 24.1 Å². The quantitative estimate of drug-likeness (QED) is 0.352. The molecule has 0 aromatic heterocycles. The number of rotatable bonds is 9. The van der Waals surface area contributed by atoms with Gasteiger partial charge in [0.2, 0.25) is 0 Å². The lowest BCUT2D eigenvalue weighted by Crippen LogP contribution is -2.20. The summed E-state index contributed by atoms with van der Waals surface area (Å²) in [4.78, 5) is 11.0. The van der Waals surface area contributed by atoms with E-state index in [1.165, 1.54) is 0 Å². The topological polar surface area (TPSA) is 65.0 Å². The van der Waals surface area contributed by atoms with Gasteiger partial charge < -0.3 is 19.3 Å². The number of ether oxygens (including phenoxy) is 3. The number of hydrogen-bond donors (Lipinski definition) is 1. The van der Waals surface area contributed by atoms with Crippen LogP contribution in [0.25, 0.3) is 0 Å². The summed E-state index contributed by atoms with van der Waals surface area (Å²) in [6.07, 6.45) is 0.640. The van der Waals surface area contributed by atoms with Gasteiger partial charge in [0.25, 0.3) is 0 Å². The molecule has 15 heavy (non-hydrogen) atoms. The smallest absolute Gasteiger partial charge is 0.308 e. The van der Waals surface area contributed by atoms with Gasteiger partial charge in [-0.3, -0.25) is 4.79 Å². The molecule has 0 heterocycles. The second-order valence-corrected chi connectivity index (χ2v) is 3.01. The van der Waals surface area contributed by atoms with Crippen LogP contribution in [0, 0.1) is 0 Å². The molecule has 0 aromatic rings. The predicted molar refractivity (Wildman–Crippen MR) is 54.3 cm³/mol. The Morgan fingerprint density at radius 1 is 1.33 bits per heavy atom. The molecule has 0 saturated carbocycles. The minimum atomic E-state index is -0.540. The van der Waals surface area contributed by atoms with E-state index in [1.54, 1.807) is 6.92 Å². The van der Waals surface area contributed by atoms with Crippen molar-refractivity contribution in [2.45, 2.75) is 33.0 Å². The van der Waals surface area contributed by atoms with E-state index in [0.717, 1.165) is 6.42 Å². The summed E-state index contributed by atoms with van der Waals surface area (Å²) in [6, 6.07) is 0. The summed E-state index contributed by atoms with van der Waals surface area (Å²) < 4.78 is 15.1. The normalized spacial score (nSPS) is 12.5. The fraction of sp³-hybridized carbons (Fsp3) is 0.900. The van der Waals surface area contributed by atoms with Gasteiger partial charge in [-0.05, 0) is 13.3 Å². The standard InChI is InChI=1S/C10H20O5/c1-3-4-10(12)15-9(2)14-8-7-13-6-5-11/h9,11H,3-8H2,1-2H3. The van der Waals surface area contributed by atoms with E-state index in [9.17, 15) is 4.79 Å². The minimum Gasteiger partial charge on any atom is -0.436 e. The third kappa shape index (κ3) is 9.65. The minimum absolute atomic E-state index is 0.00103. The first-order valence-corrected chi connectivity index (χ1v) is 5.20. The number of carbonyl (C=O) groups is 1. The fourth-order valence-corrected chi connectivity index (χ4v) is 0.922. The highest BCUT2D eigenvalue weighted by molar-refractivity contribution is 5.69. The molecule has 1 N–H and O–H groups in total. The summed E-state index contributed by atoms with van der Waals surface area (Å²) in [7, 11) is 0. The van der Waals surface area contributed by atoms with Crippen molar-refractivity contribution in [3.05, 3.63) is 0 Å². The Bertz CT molecular complexity index is 160. The van der Waals surface area contributed by atoms with Crippen LogP contribution in [0.5, 0.6) is 0 Å². The van der Waals surface area contributed by atoms with Crippen molar-refractivity contribution in [2.75, 3.05) is 26.4 Å². The first-order chi connectivity index (χ1) is 7.20. The van der Waals surface area contributed by atoms with Gasteiger partial charge in [-0.15, -0.1) is 0 Å². The molecule has 0 aliphatic heterocycles. The molecule has 1 unspecified atom stereocenters. The zero-order chi connectivity index (χ0) is 11.5. The third-order valence-electron chi connectivity index (χ3n) is 1.57. The zero-order valence-corrected chi connectivity index (χ0v) is 9.40. The van der Waals surface area contributed by atoms with Crippen LogP contribution < -0.4 is 0 Å². The molecule has 0 radical (unpaired) electrons. The van der Waals surface area contributed by atoms with Crippen molar-refractivity contribution in [2.24, 2.45) is 0 Å². The summed E-state index contributed by atoms with van der Waals surface area (Å²) in [6.45, 7) is 4.61. The Balaban J connectivity index is 3.32. The van der Waals surface area contributed by atoms with E-state index in [-0.39, 0.29) is 12.6 Å². The lowest BCUT2D eigenvalue weighted by Gasteiger charge is -2.13. The molecule has 0 bridgehead atoms. The second-order valence-electron chi connectivity index (χ2n) is 3.01. The SMILES string of the molecule is CCCC(=O)OC(C)OCCOCCO. The molecule has 0 aromatic carbocycles. The molecular weight excluding hydrogens is 200 g/mol. The highest BCUT2D eigenvalue weighted by Gasteiger charge is 2.07. The molecule has 0 rings (SSSR count). The summed E-state index contributed by atoms with van der Waals surface area (Å²) in [5.41, 5.74) is 0. The number of aliphatic hydroxyl groups is 1. The zero-order valence-electron chi connectivity index (χ0n) is 9.40. The summed E-state index contributed by atoms with van der Waals surface area (Å²) in [5.74, 6) is -0.249. The molecule has 0 spiro atoms. The Morgan fingerprint density at radius 2 is 2.07 bits per heavy atom. The van der Waals surface area contributed by atoms with Crippen molar-refractivity contribution >= 4 is 5.97 Å². The molecule has 1 atom stereocenters. The van der Waals surface area contributed by atoms with Crippen LogP contribution in [-0.4, -0.2) is 43.8 Å². The predicted octanol–water partition coefficient (Wildman–Crippen LogP) is 0.701. The van der Waals surface area contributed by atoms with Crippen LogP contribution in [0.15, 0.2) is 0 Å². The third-order valence-corrected chi connectivity index (χ3v) is 1.57. The molecule has 0 saturated heterocycles. The number of carbonyl (C=O) groups excluding carboxylic acids is 1. The van der Waals surface area contributed by atoms with Gasteiger partial charge in [-0.2, -0.15) is 0 Å². The number of aliphatic hydroxyl groups excluding tert-OH is 1.